The average molecular weight is 727 g/mol. The number of aryl methyl sites for hydroxylation is 2. The van der Waals surface area contributed by atoms with Crippen LogP contribution in [-0.2, 0) is 12.4 Å². The molecule has 11 heteroatoms. The van der Waals surface area contributed by atoms with Crippen molar-refractivity contribution in [2.24, 2.45) is 9.98 Å². The van der Waals surface area contributed by atoms with E-state index in [4.69, 9.17) is 21.6 Å². The molecule has 51 heavy (non-hydrogen) atoms. The highest BCUT2D eigenvalue weighted by atomic mass is 35.5. The van der Waals surface area contributed by atoms with Crippen LogP contribution in [0.15, 0.2) is 88.8 Å². The van der Waals surface area contributed by atoms with E-state index in [2.05, 4.69) is 39.8 Å². The molecule has 1 fully saturated rings. The topological polar surface area (TPSA) is 31.2 Å². The van der Waals surface area contributed by atoms with Gasteiger partial charge in [-0.25, -0.2) is 9.98 Å². The fraction of sp³-hybridized carbons (Fsp3) is 0.350. The van der Waals surface area contributed by atoms with Crippen LogP contribution in [0.4, 0.5) is 37.7 Å². The average Bonchev–Trinajstić information content (AvgIpc) is 3.06. The molecule has 0 unspecified atom stereocenters. The highest BCUT2D eigenvalue weighted by Crippen LogP contribution is 2.39. The van der Waals surface area contributed by atoms with Crippen molar-refractivity contribution in [3.05, 3.63) is 128 Å². The molecule has 1 aliphatic rings. The van der Waals surface area contributed by atoms with Crippen LogP contribution in [0.1, 0.15) is 90.5 Å². The van der Waals surface area contributed by atoms with Gasteiger partial charge in [0, 0.05) is 24.2 Å². The molecule has 0 bridgehead atoms. The standard InChI is InChI=1S/C40H41ClF6N4/c1-24(2)32-14-10-15-33(25(3)4)36(32)49-37(28-12-8-7-9-13-28)50-16-11-17-51(23-50)38(48-35-27(6)18-26(5)19-34(35)41)29-20-30(39(42,43)44)22-31(21-29)40(45,46)47/h7-10,12-15,18-22,24-25H,11,16-17,23H2,1-6H3. The number of para-hydroxylation sites is 1. The van der Waals surface area contributed by atoms with Gasteiger partial charge in [0.05, 0.1) is 34.2 Å². The molecular formula is C40H41ClF6N4. The Morgan fingerprint density at radius 2 is 1.16 bits per heavy atom. The Kier molecular flexibility index (Phi) is 11.2. The molecule has 0 spiro atoms. The second kappa shape index (κ2) is 15.1. The first kappa shape index (κ1) is 37.9. The zero-order valence-electron chi connectivity index (χ0n) is 29.4. The van der Waals surface area contributed by atoms with Crippen LogP contribution in [0.3, 0.4) is 0 Å². The van der Waals surface area contributed by atoms with Crippen LogP contribution in [0, 0.1) is 13.8 Å². The third-order valence-corrected chi connectivity index (χ3v) is 9.14. The summed E-state index contributed by atoms with van der Waals surface area (Å²) in [5.74, 6) is 0.923. The number of rotatable bonds is 6. The number of amidine groups is 2. The first-order chi connectivity index (χ1) is 23.9. The van der Waals surface area contributed by atoms with E-state index < -0.39 is 23.5 Å². The molecule has 0 amide bonds. The zero-order valence-corrected chi connectivity index (χ0v) is 30.2. The number of alkyl halides is 6. The summed E-state index contributed by atoms with van der Waals surface area (Å²) in [4.78, 5) is 13.8. The van der Waals surface area contributed by atoms with Gasteiger partial charge in [0.15, 0.2) is 0 Å². The number of hydrogen-bond donors (Lipinski definition) is 0. The summed E-state index contributed by atoms with van der Waals surface area (Å²) in [6.07, 6.45) is -9.53. The van der Waals surface area contributed by atoms with Gasteiger partial charge >= 0.3 is 12.4 Å². The Bertz CT molecular complexity index is 1850. The van der Waals surface area contributed by atoms with Gasteiger partial charge in [0.1, 0.15) is 11.7 Å². The lowest BCUT2D eigenvalue weighted by Crippen LogP contribution is -2.50. The molecule has 0 aliphatic carbocycles. The number of halogens is 7. The molecule has 1 saturated heterocycles. The van der Waals surface area contributed by atoms with Gasteiger partial charge in [-0.2, -0.15) is 26.3 Å². The molecule has 0 N–H and O–H groups in total. The van der Waals surface area contributed by atoms with Crippen LogP contribution in [0.5, 0.6) is 0 Å². The van der Waals surface area contributed by atoms with E-state index in [1.165, 1.54) is 0 Å². The summed E-state index contributed by atoms with van der Waals surface area (Å²) in [5, 5.41) is 0.236. The molecule has 0 radical (unpaired) electrons. The lowest BCUT2D eigenvalue weighted by molar-refractivity contribution is -0.143. The van der Waals surface area contributed by atoms with Crippen molar-refractivity contribution in [3.8, 4) is 0 Å². The molecule has 4 nitrogen and oxygen atoms in total. The normalized spacial score (nSPS) is 15.0. The predicted molar refractivity (Wildman–Crippen MR) is 194 cm³/mol. The summed E-state index contributed by atoms with van der Waals surface area (Å²) in [5.41, 5.74) is 2.39. The number of benzene rings is 4. The Labute approximate surface area is 300 Å². The van der Waals surface area contributed by atoms with Crippen molar-refractivity contribution in [1.29, 1.82) is 0 Å². The summed E-state index contributed by atoms with van der Waals surface area (Å²) < 4.78 is 84.7. The van der Waals surface area contributed by atoms with Gasteiger partial charge in [-0.3, -0.25) is 0 Å². The van der Waals surface area contributed by atoms with Crippen LogP contribution >= 0.6 is 11.6 Å². The SMILES string of the molecule is Cc1cc(C)c(N=C(c2cc(C(F)(F)F)cc(C(F)(F)F)c2)N2CCCN(C(=Nc3c(C(C)C)cccc3C(C)C)c3ccccc3)C2)c(Cl)c1. The summed E-state index contributed by atoms with van der Waals surface area (Å²) in [6, 6.07) is 20.8. The van der Waals surface area contributed by atoms with E-state index >= 15 is 0 Å². The lowest BCUT2D eigenvalue weighted by Gasteiger charge is -2.39. The minimum atomic E-state index is -5.03. The summed E-state index contributed by atoms with van der Waals surface area (Å²) in [7, 11) is 0. The highest BCUT2D eigenvalue weighted by molar-refractivity contribution is 6.33. The van der Waals surface area contributed by atoms with Crippen LogP contribution < -0.4 is 0 Å². The fourth-order valence-electron chi connectivity index (χ4n) is 6.35. The van der Waals surface area contributed by atoms with Gasteiger partial charge < -0.3 is 9.80 Å². The Balaban J connectivity index is 1.72. The first-order valence-corrected chi connectivity index (χ1v) is 17.2. The first-order valence-electron chi connectivity index (χ1n) is 16.9. The van der Waals surface area contributed by atoms with E-state index in [9.17, 15) is 26.3 Å². The van der Waals surface area contributed by atoms with Gasteiger partial charge in [-0.15, -0.1) is 0 Å². The molecule has 4 aromatic carbocycles. The van der Waals surface area contributed by atoms with Crippen LogP contribution in [0.2, 0.25) is 5.02 Å². The van der Waals surface area contributed by atoms with Crippen molar-refractivity contribution in [1.82, 2.24) is 9.80 Å². The third-order valence-electron chi connectivity index (χ3n) is 8.85. The molecule has 5 rings (SSSR count). The monoisotopic (exact) mass is 726 g/mol. The minimum Gasteiger partial charge on any atom is -0.338 e. The van der Waals surface area contributed by atoms with Gasteiger partial charge in [-0.05, 0) is 78.6 Å². The van der Waals surface area contributed by atoms with Crippen molar-refractivity contribution >= 4 is 34.6 Å². The van der Waals surface area contributed by atoms with Gasteiger partial charge in [0.25, 0.3) is 0 Å². The lowest BCUT2D eigenvalue weighted by atomic mass is 9.93. The summed E-state index contributed by atoms with van der Waals surface area (Å²) in [6.45, 7) is 13.0. The molecule has 0 aromatic heterocycles. The van der Waals surface area contributed by atoms with Crippen molar-refractivity contribution in [2.75, 3.05) is 19.8 Å². The Hall–Kier alpha value is -4.31. The number of hydrogen-bond acceptors (Lipinski definition) is 2. The van der Waals surface area contributed by atoms with E-state index in [1.807, 2.05) is 54.3 Å². The maximum Gasteiger partial charge on any atom is 0.416 e. The number of aliphatic imine (C=N–C) groups is 2. The van der Waals surface area contributed by atoms with Crippen LogP contribution in [-0.4, -0.2) is 41.2 Å². The maximum absolute atomic E-state index is 14.1. The van der Waals surface area contributed by atoms with Crippen molar-refractivity contribution in [2.45, 2.75) is 72.2 Å². The number of nitrogens with zero attached hydrogens (tertiary/aromatic N) is 4. The zero-order chi connectivity index (χ0) is 37.2. The summed E-state index contributed by atoms with van der Waals surface area (Å²) >= 11 is 6.63. The third kappa shape index (κ3) is 8.78. The fourth-order valence-corrected chi connectivity index (χ4v) is 6.72. The predicted octanol–water partition coefficient (Wildman–Crippen LogP) is 12.1. The van der Waals surface area contributed by atoms with Crippen molar-refractivity contribution < 1.29 is 26.3 Å². The van der Waals surface area contributed by atoms with E-state index in [0.717, 1.165) is 40.1 Å². The smallest absolute Gasteiger partial charge is 0.338 e. The molecule has 270 valence electrons. The molecule has 0 atom stereocenters. The maximum atomic E-state index is 14.1. The second-order valence-corrected chi connectivity index (χ2v) is 14.0. The van der Waals surface area contributed by atoms with Crippen molar-refractivity contribution in [3.63, 3.8) is 0 Å². The Morgan fingerprint density at radius 3 is 1.65 bits per heavy atom. The molecule has 1 aliphatic heterocycles. The molecule has 0 saturated carbocycles. The molecular weight excluding hydrogens is 686 g/mol. The molecule has 1 heterocycles. The largest absolute Gasteiger partial charge is 0.416 e. The van der Waals surface area contributed by atoms with Gasteiger partial charge in [-0.1, -0.05) is 93.9 Å². The van der Waals surface area contributed by atoms with E-state index in [0.29, 0.717) is 30.9 Å². The minimum absolute atomic E-state index is 0.0528. The van der Waals surface area contributed by atoms with Crippen LogP contribution in [0.25, 0.3) is 0 Å². The van der Waals surface area contributed by atoms with E-state index in [1.54, 1.807) is 17.9 Å². The molecule has 4 aromatic rings. The van der Waals surface area contributed by atoms with Gasteiger partial charge in [0.2, 0.25) is 0 Å². The highest BCUT2D eigenvalue weighted by Gasteiger charge is 2.38. The van der Waals surface area contributed by atoms with E-state index in [-0.39, 0.29) is 46.7 Å². The second-order valence-electron chi connectivity index (χ2n) is 13.6. The Morgan fingerprint density at radius 1 is 0.647 bits per heavy atom. The quantitative estimate of drug-likeness (QED) is 0.113.